The van der Waals surface area contributed by atoms with Crippen LogP contribution in [0.2, 0.25) is 0 Å². The fraction of sp³-hybridized carbons (Fsp3) is 0.600. The van der Waals surface area contributed by atoms with Crippen molar-refractivity contribution in [2.24, 2.45) is 5.92 Å². The summed E-state index contributed by atoms with van der Waals surface area (Å²) in [6, 6.07) is 5.78. The van der Waals surface area contributed by atoms with Gasteiger partial charge in [-0.05, 0) is 75.3 Å². The first-order valence-electron chi connectivity index (χ1n) is 6.63. The molecule has 2 heteroatoms. The number of rotatable bonds is 3. The van der Waals surface area contributed by atoms with Crippen LogP contribution in [-0.2, 0) is 6.42 Å². The molecule has 0 aliphatic carbocycles. The van der Waals surface area contributed by atoms with E-state index in [0.29, 0.717) is 6.04 Å². The van der Waals surface area contributed by atoms with Crippen molar-refractivity contribution in [3.63, 3.8) is 0 Å². The van der Waals surface area contributed by atoms with Gasteiger partial charge in [-0.15, -0.1) is 0 Å². The maximum absolute atomic E-state index is 13.2. The van der Waals surface area contributed by atoms with E-state index in [4.69, 9.17) is 0 Å². The van der Waals surface area contributed by atoms with Gasteiger partial charge in [0.2, 0.25) is 0 Å². The van der Waals surface area contributed by atoms with Gasteiger partial charge in [0.25, 0.3) is 0 Å². The first-order valence-corrected chi connectivity index (χ1v) is 6.63. The molecule has 1 aliphatic heterocycles. The molecule has 2 atom stereocenters. The van der Waals surface area contributed by atoms with Crippen LogP contribution in [0.25, 0.3) is 0 Å². The van der Waals surface area contributed by atoms with Crippen molar-refractivity contribution in [1.82, 2.24) is 5.32 Å². The van der Waals surface area contributed by atoms with E-state index in [2.05, 4.69) is 19.2 Å². The molecule has 17 heavy (non-hydrogen) atoms. The molecule has 0 bridgehead atoms. The Morgan fingerprint density at radius 3 is 2.88 bits per heavy atom. The number of aryl methyl sites for hydroxylation is 2. The summed E-state index contributed by atoms with van der Waals surface area (Å²) in [5.74, 6) is 0.648. The Morgan fingerprint density at radius 2 is 2.18 bits per heavy atom. The van der Waals surface area contributed by atoms with Crippen LogP contribution in [0.1, 0.15) is 37.3 Å². The molecule has 1 saturated heterocycles. The Bertz CT molecular complexity index is 367. The summed E-state index contributed by atoms with van der Waals surface area (Å²) in [6.07, 6.45) is 4.75. The van der Waals surface area contributed by atoms with Gasteiger partial charge in [-0.25, -0.2) is 4.39 Å². The lowest BCUT2D eigenvalue weighted by molar-refractivity contribution is 0.309. The topological polar surface area (TPSA) is 12.0 Å². The number of benzene rings is 1. The number of halogens is 1. The molecule has 1 N–H and O–H groups in total. The minimum absolute atomic E-state index is 0.110. The monoisotopic (exact) mass is 235 g/mol. The third-order valence-electron chi connectivity index (χ3n) is 3.90. The summed E-state index contributed by atoms with van der Waals surface area (Å²) >= 11 is 0. The molecule has 0 spiro atoms. The average molecular weight is 235 g/mol. The SMILES string of the molecule is Cc1ccc(F)cc1CCC1CCC(C)NC1. The van der Waals surface area contributed by atoms with Crippen molar-refractivity contribution in [2.45, 2.75) is 45.6 Å². The highest BCUT2D eigenvalue weighted by molar-refractivity contribution is 5.26. The van der Waals surface area contributed by atoms with E-state index in [1.807, 2.05) is 6.07 Å². The van der Waals surface area contributed by atoms with E-state index in [1.165, 1.54) is 30.4 Å². The fourth-order valence-electron chi connectivity index (χ4n) is 2.57. The van der Waals surface area contributed by atoms with Crippen molar-refractivity contribution in [3.8, 4) is 0 Å². The van der Waals surface area contributed by atoms with Crippen LogP contribution in [-0.4, -0.2) is 12.6 Å². The molecule has 1 heterocycles. The highest BCUT2D eigenvalue weighted by Crippen LogP contribution is 2.21. The predicted molar refractivity (Wildman–Crippen MR) is 69.6 cm³/mol. The van der Waals surface area contributed by atoms with Crippen LogP contribution in [0.15, 0.2) is 18.2 Å². The molecule has 0 aromatic heterocycles. The standard InChI is InChI=1S/C15H22FN/c1-11-3-8-15(16)9-14(11)7-6-13-5-4-12(2)17-10-13/h3,8-9,12-13,17H,4-7,10H2,1-2H3. The quantitative estimate of drug-likeness (QED) is 0.846. The molecule has 0 radical (unpaired) electrons. The number of hydrogen-bond acceptors (Lipinski definition) is 1. The maximum Gasteiger partial charge on any atom is 0.123 e. The zero-order valence-electron chi connectivity index (χ0n) is 10.8. The minimum Gasteiger partial charge on any atom is -0.314 e. The van der Waals surface area contributed by atoms with Crippen molar-refractivity contribution < 1.29 is 4.39 Å². The minimum atomic E-state index is -0.110. The smallest absolute Gasteiger partial charge is 0.123 e. The lowest BCUT2D eigenvalue weighted by atomic mass is 9.89. The largest absolute Gasteiger partial charge is 0.314 e. The van der Waals surface area contributed by atoms with Gasteiger partial charge >= 0.3 is 0 Å². The first-order chi connectivity index (χ1) is 8.15. The third kappa shape index (κ3) is 3.53. The van der Waals surface area contributed by atoms with Crippen LogP contribution in [0.5, 0.6) is 0 Å². The molecular weight excluding hydrogens is 213 g/mol. The summed E-state index contributed by atoms with van der Waals surface area (Å²) in [7, 11) is 0. The Kier molecular flexibility index (Phi) is 4.16. The zero-order valence-corrected chi connectivity index (χ0v) is 10.8. The summed E-state index contributed by atoms with van der Waals surface area (Å²) in [5.41, 5.74) is 2.38. The lowest BCUT2D eigenvalue weighted by Crippen LogP contribution is -2.36. The average Bonchev–Trinajstić information content (AvgIpc) is 2.32. The Hall–Kier alpha value is -0.890. The summed E-state index contributed by atoms with van der Waals surface area (Å²) in [4.78, 5) is 0. The molecular formula is C15H22FN. The van der Waals surface area contributed by atoms with E-state index < -0.39 is 0 Å². The van der Waals surface area contributed by atoms with Crippen LogP contribution >= 0.6 is 0 Å². The molecule has 0 amide bonds. The van der Waals surface area contributed by atoms with Gasteiger partial charge in [0, 0.05) is 6.04 Å². The van der Waals surface area contributed by atoms with Crippen molar-refractivity contribution in [1.29, 1.82) is 0 Å². The normalized spacial score (nSPS) is 24.9. The van der Waals surface area contributed by atoms with Crippen LogP contribution in [0, 0.1) is 18.7 Å². The Labute approximate surface area is 103 Å². The predicted octanol–water partition coefficient (Wildman–Crippen LogP) is 3.45. The highest BCUT2D eigenvalue weighted by Gasteiger charge is 2.17. The summed E-state index contributed by atoms with van der Waals surface area (Å²) < 4.78 is 13.2. The van der Waals surface area contributed by atoms with Crippen molar-refractivity contribution in [2.75, 3.05) is 6.54 Å². The van der Waals surface area contributed by atoms with Crippen LogP contribution in [0.3, 0.4) is 0 Å². The third-order valence-corrected chi connectivity index (χ3v) is 3.90. The molecule has 1 aromatic carbocycles. The van der Waals surface area contributed by atoms with E-state index in [9.17, 15) is 4.39 Å². The fourth-order valence-corrected chi connectivity index (χ4v) is 2.57. The van der Waals surface area contributed by atoms with Crippen LogP contribution < -0.4 is 5.32 Å². The number of nitrogens with one attached hydrogen (secondary N) is 1. The van der Waals surface area contributed by atoms with Gasteiger partial charge in [0.1, 0.15) is 5.82 Å². The zero-order chi connectivity index (χ0) is 12.3. The summed E-state index contributed by atoms with van der Waals surface area (Å²) in [5, 5.41) is 3.52. The molecule has 0 saturated carbocycles. The molecule has 1 fully saturated rings. The molecule has 1 aliphatic rings. The first kappa shape index (κ1) is 12.6. The molecule has 2 rings (SSSR count). The molecule has 1 aromatic rings. The second-order valence-electron chi connectivity index (χ2n) is 5.36. The number of hydrogen-bond donors (Lipinski definition) is 1. The second-order valence-corrected chi connectivity index (χ2v) is 5.36. The van der Waals surface area contributed by atoms with E-state index >= 15 is 0 Å². The van der Waals surface area contributed by atoms with E-state index in [1.54, 1.807) is 12.1 Å². The molecule has 1 nitrogen and oxygen atoms in total. The van der Waals surface area contributed by atoms with Gasteiger partial charge < -0.3 is 5.32 Å². The van der Waals surface area contributed by atoms with Gasteiger partial charge in [0.15, 0.2) is 0 Å². The van der Waals surface area contributed by atoms with Gasteiger partial charge in [-0.3, -0.25) is 0 Å². The van der Waals surface area contributed by atoms with Gasteiger partial charge in [-0.2, -0.15) is 0 Å². The Balaban J connectivity index is 1.87. The highest BCUT2D eigenvalue weighted by atomic mass is 19.1. The second kappa shape index (κ2) is 5.63. The lowest BCUT2D eigenvalue weighted by Gasteiger charge is -2.27. The van der Waals surface area contributed by atoms with Crippen molar-refractivity contribution in [3.05, 3.63) is 35.1 Å². The van der Waals surface area contributed by atoms with Crippen LogP contribution in [0.4, 0.5) is 4.39 Å². The number of piperidine rings is 1. The van der Waals surface area contributed by atoms with E-state index in [-0.39, 0.29) is 5.82 Å². The van der Waals surface area contributed by atoms with Gasteiger partial charge in [-0.1, -0.05) is 6.07 Å². The Morgan fingerprint density at radius 1 is 1.35 bits per heavy atom. The summed E-state index contributed by atoms with van der Waals surface area (Å²) in [6.45, 7) is 5.43. The molecule has 2 unspecified atom stereocenters. The van der Waals surface area contributed by atoms with Gasteiger partial charge in [0.05, 0.1) is 0 Å². The van der Waals surface area contributed by atoms with E-state index in [0.717, 1.165) is 18.9 Å². The van der Waals surface area contributed by atoms with Crippen molar-refractivity contribution >= 4 is 0 Å². The maximum atomic E-state index is 13.2. The molecule has 94 valence electrons.